The van der Waals surface area contributed by atoms with Crippen molar-refractivity contribution in [1.29, 1.82) is 0 Å². The van der Waals surface area contributed by atoms with Crippen molar-refractivity contribution in [3.63, 3.8) is 0 Å². The lowest BCUT2D eigenvalue weighted by Gasteiger charge is -2.14. The van der Waals surface area contributed by atoms with Crippen LogP contribution in [0.25, 0.3) is 10.2 Å². The maximum Gasteiger partial charge on any atom is 0.271 e. The Hall–Kier alpha value is -1.98. The van der Waals surface area contributed by atoms with Gasteiger partial charge in [-0.25, -0.2) is 4.98 Å². The van der Waals surface area contributed by atoms with Gasteiger partial charge >= 0.3 is 0 Å². The highest BCUT2D eigenvalue weighted by atomic mass is 32.1. The van der Waals surface area contributed by atoms with Crippen LogP contribution in [-0.4, -0.2) is 14.7 Å². The Kier molecular flexibility index (Phi) is 4.09. The van der Waals surface area contributed by atoms with E-state index in [2.05, 4.69) is 18.8 Å². The lowest BCUT2D eigenvalue weighted by Crippen LogP contribution is -2.23. The average molecular weight is 314 g/mol. The largest absolute Gasteiger partial charge is 0.387 e. The molecule has 1 atom stereocenters. The number of aromatic nitrogens is 2. The molecule has 0 aliphatic carbocycles. The minimum atomic E-state index is -0.724. The SMILES string of the molecule is CC(C)c1ccc([C@H](O)Cn2cnc3ccsc3c2=O)cc1. The lowest BCUT2D eigenvalue weighted by molar-refractivity contribution is 0.155. The van der Waals surface area contributed by atoms with E-state index >= 15 is 0 Å². The van der Waals surface area contributed by atoms with Crippen molar-refractivity contribution in [2.24, 2.45) is 0 Å². The molecule has 1 N–H and O–H groups in total. The predicted molar refractivity (Wildman–Crippen MR) is 89.4 cm³/mol. The number of thiophene rings is 1. The molecule has 0 saturated heterocycles. The second-order valence-corrected chi connectivity index (χ2v) is 6.59. The topological polar surface area (TPSA) is 55.1 Å². The van der Waals surface area contributed by atoms with Crippen LogP contribution in [0.4, 0.5) is 0 Å². The Morgan fingerprint density at radius 2 is 1.86 bits per heavy atom. The molecule has 0 spiro atoms. The molecule has 1 aromatic carbocycles. The first kappa shape index (κ1) is 14.9. The van der Waals surface area contributed by atoms with Crippen molar-refractivity contribution in [2.75, 3.05) is 0 Å². The lowest BCUT2D eigenvalue weighted by atomic mass is 10.00. The van der Waals surface area contributed by atoms with Gasteiger partial charge in [0.05, 0.1) is 24.5 Å². The first-order valence-electron chi connectivity index (χ1n) is 7.27. The fraction of sp³-hybridized carbons (Fsp3) is 0.294. The molecule has 2 heterocycles. The summed E-state index contributed by atoms with van der Waals surface area (Å²) in [6.45, 7) is 4.47. The fourth-order valence-electron chi connectivity index (χ4n) is 2.40. The van der Waals surface area contributed by atoms with Crippen LogP contribution in [0.2, 0.25) is 0 Å². The van der Waals surface area contributed by atoms with Crippen molar-refractivity contribution >= 4 is 21.6 Å². The molecule has 0 radical (unpaired) electrons. The van der Waals surface area contributed by atoms with Crippen molar-refractivity contribution in [2.45, 2.75) is 32.4 Å². The molecule has 4 nitrogen and oxygen atoms in total. The molecular formula is C17H18N2O2S. The third-order valence-electron chi connectivity index (χ3n) is 3.79. The van der Waals surface area contributed by atoms with E-state index in [1.54, 1.807) is 0 Å². The molecule has 0 amide bonds. The van der Waals surface area contributed by atoms with Crippen molar-refractivity contribution in [1.82, 2.24) is 9.55 Å². The third kappa shape index (κ3) is 2.82. The summed E-state index contributed by atoms with van der Waals surface area (Å²) in [7, 11) is 0. The number of fused-ring (bicyclic) bond motifs is 1. The molecule has 0 bridgehead atoms. The summed E-state index contributed by atoms with van der Waals surface area (Å²) in [6, 6.07) is 9.70. The van der Waals surface area contributed by atoms with Crippen molar-refractivity contribution in [3.05, 3.63) is 63.5 Å². The van der Waals surface area contributed by atoms with Crippen LogP contribution in [0.5, 0.6) is 0 Å². The summed E-state index contributed by atoms with van der Waals surface area (Å²) in [5, 5.41) is 12.2. The smallest absolute Gasteiger partial charge is 0.271 e. The van der Waals surface area contributed by atoms with Crippen LogP contribution in [0.15, 0.2) is 46.8 Å². The van der Waals surface area contributed by atoms with E-state index in [4.69, 9.17) is 0 Å². The van der Waals surface area contributed by atoms with Gasteiger partial charge in [0.2, 0.25) is 0 Å². The minimum absolute atomic E-state index is 0.0992. The second kappa shape index (κ2) is 6.02. The molecule has 0 aliphatic rings. The summed E-state index contributed by atoms with van der Waals surface area (Å²) in [5.41, 5.74) is 2.65. The van der Waals surface area contributed by atoms with Crippen LogP contribution in [0.3, 0.4) is 0 Å². The molecule has 0 saturated carbocycles. The monoisotopic (exact) mass is 314 g/mol. The Morgan fingerprint density at radius 3 is 2.55 bits per heavy atom. The van der Waals surface area contributed by atoms with E-state index in [9.17, 15) is 9.90 Å². The summed E-state index contributed by atoms with van der Waals surface area (Å²) in [6.07, 6.45) is 0.779. The molecule has 0 aliphatic heterocycles. The molecule has 3 aromatic rings. The highest BCUT2D eigenvalue weighted by Gasteiger charge is 2.12. The zero-order chi connectivity index (χ0) is 15.7. The number of rotatable bonds is 4. The van der Waals surface area contributed by atoms with Gasteiger partial charge in [0.15, 0.2) is 0 Å². The quantitative estimate of drug-likeness (QED) is 0.804. The number of hydrogen-bond donors (Lipinski definition) is 1. The van der Waals surface area contributed by atoms with E-state index in [0.29, 0.717) is 16.1 Å². The second-order valence-electron chi connectivity index (χ2n) is 5.67. The molecule has 2 aromatic heterocycles. The van der Waals surface area contributed by atoms with Crippen LogP contribution in [0.1, 0.15) is 37.0 Å². The zero-order valence-electron chi connectivity index (χ0n) is 12.6. The van der Waals surface area contributed by atoms with Gasteiger partial charge in [0.1, 0.15) is 4.70 Å². The highest BCUT2D eigenvalue weighted by molar-refractivity contribution is 7.17. The Balaban J connectivity index is 1.84. The van der Waals surface area contributed by atoms with Crippen molar-refractivity contribution in [3.8, 4) is 0 Å². The van der Waals surface area contributed by atoms with Gasteiger partial charge in [-0.2, -0.15) is 0 Å². The third-order valence-corrected chi connectivity index (χ3v) is 4.68. The number of hydrogen-bond acceptors (Lipinski definition) is 4. The van der Waals surface area contributed by atoms with Gasteiger partial charge < -0.3 is 5.11 Å². The van der Waals surface area contributed by atoms with E-state index < -0.39 is 6.10 Å². The fourth-order valence-corrected chi connectivity index (χ4v) is 3.20. The Labute approximate surface area is 132 Å². The van der Waals surface area contributed by atoms with E-state index in [-0.39, 0.29) is 12.1 Å². The van der Waals surface area contributed by atoms with Gasteiger partial charge in [-0.05, 0) is 28.5 Å². The number of aliphatic hydroxyl groups is 1. The number of aliphatic hydroxyl groups excluding tert-OH is 1. The first-order valence-corrected chi connectivity index (χ1v) is 8.15. The molecule has 0 unspecified atom stereocenters. The maximum absolute atomic E-state index is 12.3. The molecule has 114 valence electrons. The first-order chi connectivity index (χ1) is 10.6. The maximum atomic E-state index is 12.3. The predicted octanol–water partition coefficient (Wildman–Crippen LogP) is 3.32. The standard InChI is InChI=1S/C17H18N2O2S/c1-11(2)12-3-5-13(6-4-12)15(20)9-19-10-18-14-7-8-22-16(14)17(19)21/h3-8,10-11,15,20H,9H2,1-2H3/t15-/m1/s1. The van der Waals surface area contributed by atoms with Gasteiger partial charge in [-0.15, -0.1) is 11.3 Å². The summed E-state index contributed by atoms with van der Waals surface area (Å²) >= 11 is 1.38. The van der Waals surface area contributed by atoms with E-state index in [0.717, 1.165) is 5.56 Å². The van der Waals surface area contributed by atoms with Crippen LogP contribution >= 0.6 is 11.3 Å². The Morgan fingerprint density at radius 1 is 1.18 bits per heavy atom. The number of nitrogens with zero attached hydrogens (tertiary/aromatic N) is 2. The minimum Gasteiger partial charge on any atom is -0.387 e. The molecular weight excluding hydrogens is 296 g/mol. The molecule has 0 fully saturated rings. The normalized spacial score (nSPS) is 12.9. The Bertz CT molecular complexity index is 834. The van der Waals surface area contributed by atoms with Crippen molar-refractivity contribution < 1.29 is 5.11 Å². The van der Waals surface area contributed by atoms with Gasteiger partial charge in [0, 0.05) is 0 Å². The summed E-state index contributed by atoms with van der Waals surface area (Å²) in [5.74, 6) is 0.458. The summed E-state index contributed by atoms with van der Waals surface area (Å²) in [4.78, 5) is 16.6. The van der Waals surface area contributed by atoms with Crippen LogP contribution < -0.4 is 5.56 Å². The molecule has 22 heavy (non-hydrogen) atoms. The van der Waals surface area contributed by atoms with E-state index in [1.165, 1.54) is 27.8 Å². The van der Waals surface area contributed by atoms with Gasteiger partial charge in [0.25, 0.3) is 5.56 Å². The van der Waals surface area contributed by atoms with Gasteiger partial charge in [-0.3, -0.25) is 9.36 Å². The summed E-state index contributed by atoms with van der Waals surface area (Å²) < 4.78 is 2.10. The number of benzene rings is 1. The van der Waals surface area contributed by atoms with E-state index in [1.807, 2.05) is 35.7 Å². The molecule has 3 rings (SSSR count). The van der Waals surface area contributed by atoms with Gasteiger partial charge in [-0.1, -0.05) is 38.1 Å². The highest BCUT2D eigenvalue weighted by Crippen LogP contribution is 2.20. The zero-order valence-corrected chi connectivity index (χ0v) is 13.4. The average Bonchev–Trinajstić information content (AvgIpc) is 2.99. The van der Waals surface area contributed by atoms with Crippen LogP contribution in [-0.2, 0) is 6.54 Å². The van der Waals surface area contributed by atoms with Crippen LogP contribution in [0, 0.1) is 0 Å². The molecule has 5 heteroatoms.